The molecular formula is C9H7NOS. The number of fused-ring (bicyclic) bond motifs is 1. The first-order chi connectivity index (χ1) is 5.90. The predicted molar refractivity (Wildman–Crippen MR) is 49.4 cm³/mol. The van der Waals surface area contributed by atoms with Gasteiger partial charge in [0.25, 0.3) is 0 Å². The van der Waals surface area contributed by atoms with Gasteiger partial charge in [-0.3, -0.25) is 0 Å². The van der Waals surface area contributed by atoms with Crippen LogP contribution in [0, 0.1) is 0 Å². The van der Waals surface area contributed by atoms with Gasteiger partial charge in [0, 0.05) is 0 Å². The zero-order chi connectivity index (χ0) is 8.39. The summed E-state index contributed by atoms with van der Waals surface area (Å²) in [6.45, 7) is 0. The van der Waals surface area contributed by atoms with Gasteiger partial charge in [0.15, 0.2) is 0 Å². The Labute approximate surface area is 73.9 Å². The van der Waals surface area contributed by atoms with E-state index in [9.17, 15) is 4.79 Å². The maximum atomic E-state index is 10.2. The maximum Gasteiger partial charge on any atom is 0.126 e. The van der Waals surface area contributed by atoms with Crippen LogP contribution in [0.1, 0.15) is 5.01 Å². The van der Waals surface area contributed by atoms with Crippen molar-refractivity contribution in [1.29, 1.82) is 0 Å². The Morgan fingerprint density at radius 2 is 2.25 bits per heavy atom. The maximum absolute atomic E-state index is 10.2. The normalized spacial score (nSPS) is 10.3. The van der Waals surface area contributed by atoms with E-state index in [1.54, 1.807) is 11.3 Å². The van der Waals surface area contributed by atoms with Gasteiger partial charge in [0.1, 0.15) is 11.3 Å². The lowest BCUT2D eigenvalue weighted by molar-refractivity contribution is -0.107. The Kier molecular flexibility index (Phi) is 1.87. The first-order valence-corrected chi connectivity index (χ1v) is 4.50. The second-order valence-corrected chi connectivity index (χ2v) is 3.56. The molecule has 2 nitrogen and oxygen atoms in total. The lowest BCUT2D eigenvalue weighted by atomic mass is 10.3. The summed E-state index contributed by atoms with van der Waals surface area (Å²) in [5.41, 5.74) is 0.986. The van der Waals surface area contributed by atoms with Gasteiger partial charge in [0.05, 0.1) is 16.6 Å². The van der Waals surface area contributed by atoms with E-state index in [1.165, 1.54) is 0 Å². The van der Waals surface area contributed by atoms with E-state index in [0.29, 0.717) is 6.42 Å². The molecule has 0 saturated heterocycles. The van der Waals surface area contributed by atoms with Gasteiger partial charge < -0.3 is 4.79 Å². The minimum absolute atomic E-state index is 0.430. The summed E-state index contributed by atoms with van der Waals surface area (Å²) in [5, 5.41) is 0.895. The highest BCUT2D eigenvalue weighted by atomic mass is 32.1. The third-order valence-electron chi connectivity index (χ3n) is 1.60. The van der Waals surface area contributed by atoms with E-state index < -0.39 is 0 Å². The van der Waals surface area contributed by atoms with Crippen LogP contribution < -0.4 is 0 Å². The predicted octanol–water partition coefficient (Wildman–Crippen LogP) is 2.04. The molecule has 0 saturated carbocycles. The zero-order valence-electron chi connectivity index (χ0n) is 6.36. The van der Waals surface area contributed by atoms with Crippen molar-refractivity contribution in [3.05, 3.63) is 29.3 Å². The van der Waals surface area contributed by atoms with E-state index in [-0.39, 0.29) is 0 Å². The molecule has 1 aromatic carbocycles. The van der Waals surface area contributed by atoms with Crippen LogP contribution in [-0.2, 0) is 11.2 Å². The van der Waals surface area contributed by atoms with Gasteiger partial charge in [-0.2, -0.15) is 0 Å². The van der Waals surface area contributed by atoms with E-state index >= 15 is 0 Å². The fraction of sp³-hybridized carbons (Fsp3) is 0.111. The number of thiazole rings is 1. The lowest BCUT2D eigenvalue weighted by Crippen LogP contribution is -1.81. The number of aromatic nitrogens is 1. The molecular weight excluding hydrogens is 170 g/mol. The highest BCUT2D eigenvalue weighted by molar-refractivity contribution is 7.18. The summed E-state index contributed by atoms with van der Waals surface area (Å²) in [6, 6.07) is 7.90. The summed E-state index contributed by atoms with van der Waals surface area (Å²) in [6.07, 6.45) is 1.32. The highest BCUT2D eigenvalue weighted by Crippen LogP contribution is 2.21. The quantitative estimate of drug-likeness (QED) is 0.657. The fourth-order valence-corrected chi connectivity index (χ4v) is 1.99. The van der Waals surface area contributed by atoms with Crippen LogP contribution in [-0.4, -0.2) is 11.3 Å². The van der Waals surface area contributed by atoms with Crippen LogP contribution in [0.4, 0.5) is 0 Å². The standard InChI is InChI=1S/C9H7NOS/c11-6-5-9-10-7-3-1-2-4-8(7)12-9/h1-4,6H,5H2. The third-order valence-corrected chi connectivity index (χ3v) is 2.65. The molecule has 1 aromatic heterocycles. The number of hydrogen-bond acceptors (Lipinski definition) is 3. The van der Waals surface area contributed by atoms with Crippen molar-refractivity contribution < 1.29 is 4.79 Å². The molecule has 12 heavy (non-hydrogen) atoms. The number of benzene rings is 1. The first kappa shape index (κ1) is 7.43. The van der Waals surface area contributed by atoms with Crippen LogP contribution in [0.15, 0.2) is 24.3 Å². The third kappa shape index (κ3) is 1.23. The Morgan fingerprint density at radius 3 is 3.00 bits per heavy atom. The van der Waals surface area contributed by atoms with E-state index in [4.69, 9.17) is 0 Å². The molecule has 0 N–H and O–H groups in total. The lowest BCUT2D eigenvalue weighted by Gasteiger charge is -1.80. The van der Waals surface area contributed by atoms with E-state index in [0.717, 1.165) is 21.5 Å². The second kappa shape index (κ2) is 3.03. The number of aldehydes is 1. The van der Waals surface area contributed by atoms with Crippen molar-refractivity contribution in [1.82, 2.24) is 4.98 Å². The van der Waals surface area contributed by atoms with Gasteiger partial charge in [0.2, 0.25) is 0 Å². The van der Waals surface area contributed by atoms with Crippen molar-refractivity contribution in [2.24, 2.45) is 0 Å². The topological polar surface area (TPSA) is 30.0 Å². The van der Waals surface area contributed by atoms with Crippen LogP contribution in [0.2, 0.25) is 0 Å². The van der Waals surface area contributed by atoms with Crippen molar-refractivity contribution in [2.75, 3.05) is 0 Å². The molecule has 0 bridgehead atoms. The van der Waals surface area contributed by atoms with Crippen LogP contribution in [0.3, 0.4) is 0 Å². The molecule has 0 spiro atoms. The molecule has 0 unspecified atom stereocenters. The monoisotopic (exact) mass is 177 g/mol. The number of nitrogens with zero attached hydrogens (tertiary/aromatic N) is 1. The summed E-state index contributed by atoms with van der Waals surface area (Å²) in [7, 11) is 0. The number of carbonyl (C=O) groups is 1. The highest BCUT2D eigenvalue weighted by Gasteiger charge is 2.00. The smallest absolute Gasteiger partial charge is 0.126 e. The van der Waals surface area contributed by atoms with Crippen molar-refractivity contribution in [2.45, 2.75) is 6.42 Å². The van der Waals surface area contributed by atoms with Gasteiger partial charge in [-0.05, 0) is 12.1 Å². The van der Waals surface area contributed by atoms with E-state index in [2.05, 4.69) is 4.98 Å². The van der Waals surface area contributed by atoms with Crippen molar-refractivity contribution in [3.8, 4) is 0 Å². The summed E-state index contributed by atoms with van der Waals surface area (Å²) in [4.78, 5) is 14.5. The van der Waals surface area contributed by atoms with Crippen molar-refractivity contribution in [3.63, 3.8) is 0 Å². The number of para-hydroxylation sites is 1. The van der Waals surface area contributed by atoms with Gasteiger partial charge >= 0.3 is 0 Å². The Bertz CT molecular complexity index is 375. The van der Waals surface area contributed by atoms with E-state index in [1.807, 2.05) is 24.3 Å². The summed E-state index contributed by atoms with van der Waals surface area (Å²) >= 11 is 1.58. The zero-order valence-corrected chi connectivity index (χ0v) is 7.17. The SMILES string of the molecule is O=CCc1nc2ccccc2s1. The fourth-order valence-electron chi connectivity index (χ4n) is 1.08. The van der Waals surface area contributed by atoms with Crippen LogP contribution in [0.25, 0.3) is 10.2 Å². The molecule has 0 radical (unpaired) electrons. The Hall–Kier alpha value is -1.22. The molecule has 0 fully saturated rings. The minimum Gasteiger partial charge on any atom is -0.303 e. The van der Waals surface area contributed by atoms with Crippen LogP contribution >= 0.6 is 11.3 Å². The van der Waals surface area contributed by atoms with Gasteiger partial charge in [-0.25, -0.2) is 4.98 Å². The largest absolute Gasteiger partial charge is 0.303 e. The molecule has 0 amide bonds. The second-order valence-electron chi connectivity index (χ2n) is 2.45. The molecule has 1 heterocycles. The average Bonchev–Trinajstić information content (AvgIpc) is 2.47. The van der Waals surface area contributed by atoms with Gasteiger partial charge in [-0.1, -0.05) is 12.1 Å². The number of hydrogen-bond donors (Lipinski definition) is 0. The number of rotatable bonds is 2. The molecule has 0 aliphatic rings. The molecule has 0 aliphatic heterocycles. The Balaban J connectivity index is 2.54. The minimum atomic E-state index is 0.430. The Morgan fingerprint density at radius 1 is 1.42 bits per heavy atom. The molecule has 0 atom stereocenters. The number of carbonyl (C=O) groups excluding carboxylic acids is 1. The van der Waals surface area contributed by atoms with Gasteiger partial charge in [-0.15, -0.1) is 11.3 Å². The molecule has 2 aromatic rings. The first-order valence-electron chi connectivity index (χ1n) is 3.68. The summed E-state index contributed by atoms with van der Waals surface area (Å²) in [5.74, 6) is 0. The molecule has 0 aliphatic carbocycles. The molecule has 60 valence electrons. The molecule has 3 heteroatoms. The molecule has 2 rings (SSSR count). The average molecular weight is 177 g/mol. The van der Waals surface area contributed by atoms with Crippen molar-refractivity contribution >= 4 is 27.8 Å². The summed E-state index contributed by atoms with van der Waals surface area (Å²) < 4.78 is 1.15. The van der Waals surface area contributed by atoms with Crippen LogP contribution in [0.5, 0.6) is 0 Å².